The Balaban J connectivity index is 2.91. The molecule has 0 radical (unpaired) electrons. The van der Waals surface area contributed by atoms with E-state index >= 15 is 0 Å². The van der Waals surface area contributed by atoms with Crippen LogP contribution in [-0.2, 0) is 19.6 Å². The first-order valence-corrected chi connectivity index (χ1v) is 7.02. The number of pyridine rings is 1. The van der Waals surface area contributed by atoms with Gasteiger partial charge < -0.3 is 4.74 Å². The molecular formula is C11H16N2O4S. The fraction of sp³-hybridized carbons (Fsp3) is 0.455. The van der Waals surface area contributed by atoms with Crippen LogP contribution in [0.3, 0.4) is 0 Å². The van der Waals surface area contributed by atoms with Crippen LogP contribution >= 0.6 is 0 Å². The Morgan fingerprint density at radius 1 is 1.44 bits per heavy atom. The molecule has 1 heterocycles. The van der Waals surface area contributed by atoms with Crippen molar-refractivity contribution in [3.05, 3.63) is 24.5 Å². The van der Waals surface area contributed by atoms with Crippen LogP contribution in [0.15, 0.2) is 29.4 Å². The fourth-order valence-corrected chi connectivity index (χ4v) is 2.72. The number of sulfonamides is 1. The predicted molar refractivity (Wildman–Crippen MR) is 65.3 cm³/mol. The highest BCUT2D eigenvalue weighted by molar-refractivity contribution is 7.89. The van der Waals surface area contributed by atoms with Gasteiger partial charge in [-0.2, -0.15) is 4.31 Å². The Kier molecular flexibility index (Phi) is 5.24. The van der Waals surface area contributed by atoms with Gasteiger partial charge in [-0.15, -0.1) is 0 Å². The molecule has 0 N–H and O–H groups in total. The number of esters is 1. The monoisotopic (exact) mass is 272 g/mol. The Hall–Kier alpha value is -1.47. The van der Waals surface area contributed by atoms with Gasteiger partial charge in [0.15, 0.2) is 0 Å². The highest BCUT2D eigenvalue weighted by atomic mass is 32.2. The van der Waals surface area contributed by atoms with Crippen LogP contribution in [0.1, 0.15) is 13.8 Å². The van der Waals surface area contributed by atoms with Crippen LogP contribution in [0, 0.1) is 0 Å². The minimum Gasteiger partial charge on any atom is -0.465 e. The van der Waals surface area contributed by atoms with Gasteiger partial charge in [0.1, 0.15) is 11.4 Å². The number of aromatic nitrogens is 1. The predicted octanol–water partition coefficient (Wildman–Crippen LogP) is 0.655. The molecule has 1 rings (SSSR count). The number of rotatable bonds is 6. The van der Waals surface area contributed by atoms with Crippen LogP contribution in [0.4, 0.5) is 0 Å². The summed E-state index contributed by atoms with van der Waals surface area (Å²) in [6.45, 7) is 3.46. The second-order valence-corrected chi connectivity index (χ2v) is 5.36. The zero-order chi connectivity index (χ0) is 13.6. The number of carbonyl (C=O) groups excluding carboxylic acids is 1. The Bertz CT molecular complexity index is 487. The van der Waals surface area contributed by atoms with Crippen molar-refractivity contribution < 1.29 is 17.9 Å². The fourth-order valence-electron chi connectivity index (χ4n) is 1.37. The molecule has 0 aliphatic heterocycles. The molecule has 0 fully saturated rings. The van der Waals surface area contributed by atoms with Gasteiger partial charge in [0.25, 0.3) is 0 Å². The van der Waals surface area contributed by atoms with E-state index < -0.39 is 16.0 Å². The van der Waals surface area contributed by atoms with Gasteiger partial charge in [0, 0.05) is 18.9 Å². The quantitative estimate of drug-likeness (QED) is 0.711. The van der Waals surface area contributed by atoms with Crippen molar-refractivity contribution in [3.63, 3.8) is 0 Å². The molecule has 0 aromatic carbocycles. The minimum atomic E-state index is -3.69. The van der Waals surface area contributed by atoms with Crippen molar-refractivity contribution in [2.75, 3.05) is 19.7 Å². The maximum absolute atomic E-state index is 12.2. The molecule has 0 spiro atoms. The van der Waals surface area contributed by atoms with E-state index in [1.165, 1.54) is 24.5 Å². The molecule has 1 aromatic rings. The molecule has 0 aliphatic rings. The van der Waals surface area contributed by atoms with Gasteiger partial charge >= 0.3 is 5.97 Å². The molecule has 0 aliphatic carbocycles. The van der Waals surface area contributed by atoms with Crippen LogP contribution < -0.4 is 0 Å². The minimum absolute atomic E-state index is 0.0659. The van der Waals surface area contributed by atoms with Crippen LogP contribution in [0.2, 0.25) is 0 Å². The van der Waals surface area contributed by atoms with Gasteiger partial charge in [0.2, 0.25) is 10.0 Å². The van der Waals surface area contributed by atoms with Crippen molar-refractivity contribution in [2.24, 2.45) is 0 Å². The second-order valence-electron chi connectivity index (χ2n) is 3.42. The van der Waals surface area contributed by atoms with Gasteiger partial charge in [0.05, 0.1) is 6.61 Å². The molecule has 0 saturated heterocycles. The topological polar surface area (TPSA) is 76.6 Å². The van der Waals surface area contributed by atoms with E-state index in [-0.39, 0.29) is 24.6 Å². The van der Waals surface area contributed by atoms with E-state index in [1.807, 2.05) is 0 Å². The zero-order valence-electron chi connectivity index (χ0n) is 10.4. The summed E-state index contributed by atoms with van der Waals surface area (Å²) in [6, 6.07) is 2.97. The average molecular weight is 272 g/mol. The first-order valence-electron chi connectivity index (χ1n) is 5.58. The number of likely N-dealkylation sites (N-methyl/N-ethyl adjacent to an activating group) is 1. The maximum Gasteiger partial charge on any atom is 0.321 e. The van der Waals surface area contributed by atoms with Crippen molar-refractivity contribution in [2.45, 2.75) is 18.7 Å². The summed E-state index contributed by atoms with van der Waals surface area (Å²) >= 11 is 0. The Morgan fingerprint density at radius 2 is 2.17 bits per heavy atom. The summed E-state index contributed by atoms with van der Waals surface area (Å²) in [5, 5.41) is 0. The third kappa shape index (κ3) is 3.51. The van der Waals surface area contributed by atoms with Crippen molar-refractivity contribution in [3.8, 4) is 0 Å². The van der Waals surface area contributed by atoms with E-state index in [9.17, 15) is 13.2 Å². The van der Waals surface area contributed by atoms with E-state index in [2.05, 4.69) is 4.98 Å². The number of carbonyl (C=O) groups is 1. The lowest BCUT2D eigenvalue weighted by atomic mass is 10.5. The maximum atomic E-state index is 12.2. The summed E-state index contributed by atoms with van der Waals surface area (Å²) in [4.78, 5) is 15.2. The van der Waals surface area contributed by atoms with Crippen LogP contribution in [0.5, 0.6) is 0 Å². The first-order chi connectivity index (χ1) is 8.52. The summed E-state index contributed by atoms with van der Waals surface area (Å²) < 4.78 is 30.2. The Labute approximate surface area is 107 Å². The van der Waals surface area contributed by atoms with E-state index in [0.717, 1.165) is 4.31 Å². The summed E-state index contributed by atoms with van der Waals surface area (Å²) in [5.74, 6) is -0.563. The molecule has 0 unspecified atom stereocenters. The van der Waals surface area contributed by atoms with Crippen LogP contribution in [-0.4, -0.2) is 43.4 Å². The van der Waals surface area contributed by atoms with Gasteiger partial charge in [-0.1, -0.05) is 6.92 Å². The molecule has 100 valence electrons. The van der Waals surface area contributed by atoms with Crippen molar-refractivity contribution in [1.29, 1.82) is 0 Å². The van der Waals surface area contributed by atoms with Gasteiger partial charge in [-0.05, 0) is 19.1 Å². The lowest BCUT2D eigenvalue weighted by molar-refractivity contribution is -0.143. The van der Waals surface area contributed by atoms with Gasteiger partial charge in [-0.3, -0.25) is 9.78 Å². The summed E-state index contributed by atoms with van der Waals surface area (Å²) in [5.41, 5.74) is 0. The van der Waals surface area contributed by atoms with E-state index in [4.69, 9.17) is 4.74 Å². The lowest BCUT2D eigenvalue weighted by Crippen LogP contribution is -2.36. The molecule has 1 aromatic heterocycles. The molecule has 0 amide bonds. The van der Waals surface area contributed by atoms with Crippen molar-refractivity contribution >= 4 is 16.0 Å². The zero-order valence-corrected chi connectivity index (χ0v) is 11.2. The largest absolute Gasteiger partial charge is 0.465 e. The highest BCUT2D eigenvalue weighted by Crippen LogP contribution is 2.13. The third-order valence-corrected chi connectivity index (χ3v) is 4.14. The molecular weight excluding hydrogens is 256 g/mol. The van der Waals surface area contributed by atoms with Crippen molar-refractivity contribution in [1.82, 2.24) is 9.29 Å². The lowest BCUT2D eigenvalue weighted by Gasteiger charge is -2.19. The summed E-state index contributed by atoms with van der Waals surface area (Å²) in [6.07, 6.45) is 2.74. The normalized spacial score (nSPS) is 11.5. The molecule has 7 heteroatoms. The van der Waals surface area contributed by atoms with E-state index in [0.29, 0.717) is 0 Å². The Morgan fingerprint density at radius 3 is 2.67 bits per heavy atom. The highest BCUT2D eigenvalue weighted by Gasteiger charge is 2.25. The van der Waals surface area contributed by atoms with E-state index in [1.54, 1.807) is 13.8 Å². The molecule has 18 heavy (non-hydrogen) atoms. The third-order valence-electron chi connectivity index (χ3n) is 2.24. The summed E-state index contributed by atoms with van der Waals surface area (Å²) in [7, 11) is -3.69. The second kappa shape index (κ2) is 6.46. The van der Waals surface area contributed by atoms with Gasteiger partial charge in [-0.25, -0.2) is 8.42 Å². The number of hydrogen-bond donors (Lipinski definition) is 0. The molecule has 6 nitrogen and oxygen atoms in total. The molecule has 0 atom stereocenters. The molecule has 0 saturated carbocycles. The smallest absolute Gasteiger partial charge is 0.321 e. The number of nitrogens with zero attached hydrogens (tertiary/aromatic N) is 2. The average Bonchev–Trinajstić information content (AvgIpc) is 2.37. The standard InChI is InChI=1S/C11H16N2O4S/c1-3-13(9-11(14)17-4-2)18(15,16)10-6-5-7-12-8-10/h5-8H,3-4,9H2,1-2H3. The number of ether oxygens (including phenoxy) is 1. The first kappa shape index (κ1) is 14.6. The number of hydrogen-bond acceptors (Lipinski definition) is 5. The SMILES string of the molecule is CCOC(=O)CN(CC)S(=O)(=O)c1cccnc1. The van der Waals surface area contributed by atoms with Crippen LogP contribution in [0.25, 0.3) is 0 Å². The molecule has 0 bridgehead atoms.